The zero-order valence-corrected chi connectivity index (χ0v) is 13.5. The summed E-state index contributed by atoms with van der Waals surface area (Å²) in [7, 11) is -3.48. The van der Waals surface area contributed by atoms with Crippen molar-refractivity contribution >= 4 is 27.5 Å². The van der Waals surface area contributed by atoms with E-state index in [1.165, 1.54) is 0 Å². The number of nitrogens with zero attached hydrogens (tertiary/aromatic N) is 1. The van der Waals surface area contributed by atoms with E-state index in [1.54, 1.807) is 18.2 Å². The molecular formula is C15H19ClN2O2S. The van der Waals surface area contributed by atoms with E-state index in [0.717, 1.165) is 25.7 Å². The van der Waals surface area contributed by atoms with Gasteiger partial charge in [-0.1, -0.05) is 19.1 Å². The van der Waals surface area contributed by atoms with Gasteiger partial charge in [0.25, 0.3) is 10.0 Å². The smallest absolute Gasteiger partial charge is 0.263 e. The second kappa shape index (κ2) is 5.29. The highest BCUT2D eigenvalue weighted by Gasteiger charge is 2.37. The van der Waals surface area contributed by atoms with Gasteiger partial charge in [-0.05, 0) is 43.7 Å². The summed E-state index contributed by atoms with van der Waals surface area (Å²) in [6.45, 7) is 2.23. The Morgan fingerprint density at radius 3 is 2.67 bits per heavy atom. The standard InChI is InChI=1S/C15H19ClN2O2S/c1-11-6-8-15(10-16,9-7-11)17-14-12-4-2-3-5-13(12)21(19,20)18-14/h2-5,11H,6-10H2,1H3,(H,17,18). The van der Waals surface area contributed by atoms with Crippen LogP contribution < -0.4 is 4.72 Å². The van der Waals surface area contributed by atoms with E-state index in [4.69, 9.17) is 16.6 Å². The summed E-state index contributed by atoms with van der Waals surface area (Å²) in [5.41, 5.74) is 0.309. The fourth-order valence-electron chi connectivity index (χ4n) is 3.03. The monoisotopic (exact) mass is 326 g/mol. The maximum atomic E-state index is 12.1. The third-order valence-electron chi connectivity index (χ3n) is 4.47. The highest BCUT2D eigenvalue weighted by Crippen LogP contribution is 2.37. The van der Waals surface area contributed by atoms with Gasteiger partial charge >= 0.3 is 0 Å². The summed E-state index contributed by atoms with van der Waals surface area (Å²) in [5.74, 6) is 1.56. The van der Waals surface area contributed by atoms with Crippen LogP contribution in [0.2, 0.25) is 0 Å². The molecule has 4 nitrogen and oxygen atoms in total. The van der Waals surface area contributed by atoms with Crippen molar-refractivity contribution in [3.05, 3.63) is 29.8 Å². The van der Waals surface area contributed by atoms with Gasteiger partial charge in [0, 0.05) is 11.4 Å². The van der Waals surface area contributed by atoms with Crippen molar-refractivity contribution in [2.24, 2.45) is 10.9 Å². The maximum absolute atomic E-state index is 12.1. The molecule has 114 valence electrons. The van der Waals surface area contributed by atoms with Crippen LogP contribution in [0.3, 0.4) is 0 Å². The van der Waals surface area contributed by atoms with Gasteiger partial charge in [-0.3, -0.25) is 9.71 Å². The first-order valence-corrected chi connectivity index (χ1v) is 9.26. The molecule has 0 atom stereocenters. The topological polar surface area (TPSA) is 58.5 Å². The van der Waals surface area contributed by atoms with Crippen LogP contribution in [0.4, 0.5) is 0 Å². The van der Waals surface area contributed by atoms with Crippen LogP contribution in [0.1, 0.15) is 38.2 Å². The highest BCUT2D eigenvalue weighted by molar-refractivity contribution is 7.90. The molecule has 1 aromatic carbocycles. The Labute approximate surface area is 130 Å². The average molecular weight is 327 g/mol. The largest absolute Gasteiger partial charge is 0.263 e. The quantitative estimate of drug-likeness (QED) is 0.849. The summed E-state index contributed by atoms with van der Waals surface area (Å²) in [5, 5.41) is 0. The number of benzene rings is 1. The maximum Gasteiger partial charge on any atom is 0.263 e. The molecule has 1 aliphatic carbocycles. The molecule has 3 rings (SSSR count). The number of hydrogen-bond donors (Lipinski definition) is 1. The first-order chi connectivity index (χ1) is 9.96. The normalized spacial score (nSPS) is 32.7. The van der Waals surface area contributed by atoms with Crippen LogP contribution in [-0.4, -0.2) is 25.7 Å². The van der Waals surface area contributed by atoms with Gasteiger partial charge in [-0.25, -0.2) is 8.42 Å². The molecule has 0 aromatic heterocycles. The summed E-state index contributed by atoms with van der Waals surface area (Å²) in [6, 6.07) is 6.95. The lowest BCUT2D eigenvalue weighted by Gasteiger charge is -2.35. The first-order valence-electron chi connectivity index (χ1n) is 7.24. The second-order valence-corrected chi connectivity index (χ2v) is 8.02. The lowest BCUT2D eigenvalue weighted by atomic mass is 9.78. The minimum Gasteiger partial charge on any atom is -0.263 e. The van der Waals surface area contributed by atoms with E-state index in [9.17, 15) is 8.42 Å². The number of aliphatic imine (C=N–C) groups is 1. The van der Waals surface area contributed by atoms with Crippen LogP contribution in [-0.2, 0) is 10.0 Å². The molecule has 0 radical (unpaired) electrons. The van der Waals surface area contributed by atoms with Crippen LogP contribution in [0.25, 0.3) is 0 Å². The van der Waals surface area contributed by atoms with Crippen molar-refractivity contribution in [1.82, 2.24) is 4.72 Å². The molecule has 1 aromatic rings. The van der Waals surface area contributed by atoms with Gasteiger partial charge in [-0.2, -0.15) is 0 Å². The number of hydrogen-bond acceptors (Lipinski definition) is 3. The van der Waals surface area contributed by atoms with Crippen molar-refractivity contribution in [3.63, 3.8) is 0 Å². The summed E-state index contributed by atoms with van der Waals surface area (Å²) in [6.07, 6.45) is 3.98. The number of nitrogens with one attached hydrogen (secondary N) is 1. The molecule has 0 amide bonds. The number of rotatable bonds is 2. The third-order valence-corrected chi connectivity index (χ3v) is 6.36. The van der Waals surface area contributed by atoms with E-state index in [2.05, 4.69) is 11.6 Å². The molecule has 1 aliphatic heterocycles. The Bertz CT molecular complexity index is 677. The zero-order chi connectivity index (χ0) is 15.1. The van der Waals surface area contributed by atoms with Gasteiger partial charge in [0.2, 0.25) is 0 Å². The van der Waals surface area contributed by atoms with Crippen molar-refractivity contribution in [1.29, 1.82) is 0 Å². The molecule has 1 heterocycles. The molecule has 1 saturated carbocycles. The number of amidine groups is 1. The number of halogens is 1. The molecule has 1 N–H and O–H groups in total. The van der Waals surface area contributed by atoms with Crippen LogP contribution in [0.15, 0.2) is 34.2 Å². The molecule has 0 unspecified atom stereocenters. The Morgan fingerprint density at radius 2 is 2.00 bits per heavy atom. The lowest BCUT2D eigenvalue weighted by Crippen LogP contribution is -2.37. The summed E-state index contributed by atoms with van der Waals surface area (Å²) in [4.78, 5) is 5.05. The minimum atomic E-state index is -3.48. The number of fused-ring (bicyclic) bond motifs is 1. The van der Waals surface area contributed by atoms with E-state index < -0.39 is 10.0 Å². The fraction of sp³-hybridized carbons (Fsp3) is 0.533. The Balaban J connectivity index is 2.01. The third kappa shape index (κ3) is 2.69. The van der Waals surface area contributed by atoms with Gasteiger partial charge in [0.15, 0.2) is 0 Å². The SMILES string of the molecule is CC1CCC(CCl)(N=C2NS(=O)(=O)c3ccccc32)CC1. The first kappa shape index (κ1) is 14.9. The Kier molecular flexibility index (Phi) is 3.74. The summed E-state index contributed by atoms with van der Waals surface area (Å²) >= 11 is 6.18. The average Bonchev–Trinajstić information content (AvgIpc) is 2.73. The number of sulfonamides is 1. The Hall–Kier alpha value is -1.07. The van der Waals surface area contributed by atoms with Crippen molar-refractivity contribution in [2.45, 2.75) is 43.0 Å². The molecule has 0 bridgehead atoms. The fourth-order valence-corrected chi connectivity index (χ4v) is 4.59. The molecule has 0 spiro atoms. The zero-order valence-electron chi connectivity index (χ0n) is 12.0. The molecular weight excluding hydrogens is 308 g/mol. The lowest BCUT2D eigenvalue weighted by molar-refractivity contribution is 0.269. The Morgan fingerprint density at radius 1 is 1.33 bits per heavy atom. The van der Waals surface area contributed by atoms with Gasteiger partial charge in [0.05, 0.1) is 10.4 Å². The molecule has 2 aliphatic rings. The predicted octanol–water partition coefficient (Wildman–Crippen LogP) is 2.91. The van der Waals surface area contributed by atoms with E-state index >= 15 is 0 Å². The molecule has 6 heteroatoms. The van der Waals surface area contributed by atoms with Gasteiger partial charge < -0.3 is 0 Å². The molecule has 1 fully saturated rings. The predicted molar refractivity (Wildman–Crippen MR) is 84.4 cm³/mol. The van der Waals surface area contributed by atoms with Crippen LogP contribution in [0, 0.1) is 5.92 Å². The van der Waals surface area contributed by atoms with E-state index in [0.29, 0.717) is 28.1 Å². The van der Waals surface area contributed by atoms with Crippen molar-refractivity contribution < 1.29 is 8.42 Å². The van der Waals surface area contributed by atoms with Gasteiger partial charge in [-0.15, -0.1) is 11.6 Å². The number of alkyl halides is 1. The van der Waals surface area contributed by atoms with Crippen LogP contribution in [0.5, 0.6) is 0 Å². The summed E-state index contributed by atoms with van der Waals surface area (Å²) < 4.78 is 26.8. The molecule has 21 heavy (non-hydrogen) atoms. The highest BCUT2D eigenvalue weighted by atomic mass is 35.5. The van der Waals surface area contributed by atoms with E-state index in [-0.39, 0.29) is 5.54 Å². The van der Waals surface area contributed by atoms with Crippen LogP contribution >= 0.6 is 11.6 Å². The second-order valence-electron chi connectivity index (χ2n) is 6.10. The van der Waals surface area contributed by atoms with E-state index in [1.807, 2.05) is 6.07 Å². The van der Waals surface area contributed by atoms with Crippen molar-refractivity contribution in [2.75, 3.05) is 5.88 Å². The van der Waals surface area contributed by atoms with Gasteiger partial charge in [0.1, 0.15) is 5.84 Å². The molecule has 0 saturated heterocycles. The minimum absolute atomic E-state index is 0.303. The van der Waals surface area contributed by atoms with Crippen molar-refractivity contribution in [3.8, 4) is 0 Å².